The van der Waals surface area contributed by atoms with Gasteiger partial charge in [-0.25, -0.2) is 4.79 Å². The minimum atomic E-state index is -4.77. The molecule has 0 bridgehead atoms. The minimum Gasteiger partial charge on any atom is -0.441 e. The van der Waals surface area contributed by atoms with Gasteiger partial charge in [0.2, 0.25) is 0 Å². The van der Waals surface area contributed by atoms with Crippen molar-refractivity contribution in [2.45, 2.75) is 38.1 Å². The first-order chi connectivity index (χ1) is 12.1. The number of alkyl halides is 3. The molecule has 2 aromatic rings. The predicted octanol–water partition coefficient (Wildman–Crippen LogP) is 5.07. The van der Waals surface area contributed by atoms with Crippen LogP contribution in [0.25, 0.3) is 11.1 Å². The molecule has 26 heavy (non-hydrogen) atoms. The average molecular weight is 365 g/mol. The SMILES string of the molecule is CC1(C)CC(OC(N)=O)c2ccc(-c3ccccc3OC(F)(F)F)cc21. The van der Waals surface area contributed by atoms with Crippen molar-refractivity contribution in [1.82, 2.24) is 0 Å². The lowest BCUT2D eigenvalue weighted by atomic mass is 9.85. The van der Waals surface area contributed by atoms with E-state index in [1.54, 1.807) is 24.3 Å². The number of benzene rings is 2. The molecular weight excluding hydrogens is 347 g/mol. The normalized spacial score (nSPS) is 18.3. The zero-order valence-electron chi connectivity index (χ0n) is 14.3. The Morgan fingerprint density at radius 3 is 2.54 bits per heavy atom. The van der Waals surface area contributed by atoms with Crippen molar-refractivity contribution in [3.63, 3.8) is 0 Å². The molecule has 1 aliphatic carbocycles. The quantitative estimate of drug-likeness (QED) is 0.826. The number of nitrogens with two attached hydrogens (primary N) is 1. The lowest BCUT2D eigenvalue weighted by molar-refractivity contribution is -0.274. The van der Waals surface area contributed by atoms with Gasteiger partial charge in [-0.05, 0) is 34.6 Å². The summed E-state index contributed by atoms with van der Waals surface area (Å²) < 4.78 is 47.3. The fourth-order valence-corrected chi connectivity index (χ4v) is 3.44. The van der Waals surface area contributed by atoms with Crippen LogP contribution in [0.3, 0.4) is 0 Å². The highest BCUT2D eigenvalue weighted by Gasteiger charge is 2.39. The van der Waals surface area contributed by atoms with Gasteiger partial charge in [0, 0.05) is 5.56 Å². The van der Waals surface area contributed by atoms with Crippen LogP contribution in [0.4, 0.5) is 18.0 Å². The molecule has 0 saturated heterocycles. The minimum absolute atomic E-state index is 0.263. The van der Waals surface area contributed by atoms with E-state index in [4.69, 9.17) is 10.5 Å². The molecule has 2 aromatic carbocycles. The Morgan fingerprint density at radius 2 is 1.88 bits per heavy atom. The molecule has 1 unspecified atom stereocenters. The van der Waals surface area contributed by atoms with Crippen molar-refractivity contribution < 1.29 is 27.4 Å². The molecule has 0 fully saturated rings. The topological polar surface area (TPSA) is 61.5 Å². The van der Waals surface area contributed by atoms with Crippen LogP contribution in [0.2, 0.25) is 0 Å². The average Bonchev–Trinajstić information content (AvgIpc) is 2.76. The second-order valence-electron chi connectivity index (χ2n) is 6.86. The zero-order chi connectivity index (χ0) is 19.1. The number of rotatable bonds is 3. The Kier molecular flexibility index (Phi) is 4.34. The lowest BCUT2D eigenvalue weighted by Gasteiger charge is -2.20. The number of carbonyl (C=O) groups excluding carboxylic acids is 1. The molecule has 0 spiro atoms. The van der Waals surface area contributed by atoms with Crippen LogP contribution in [0.15, 0.2) is 42.5 Å². The Hall–Kier alpha value is -2.70. The monoisotopic (exact) mass is 365 g/mol. The fourth-order valence-electron chi connectivity index (χ4n) is 3.44. The van der Waals surface area contributed by atoms with E-state index in [1.165, 1.54) is 12.1 Å². The lowest BCUT2D eigenvalue weighted by Crippen LogP contribution is -2.18. The van der Waals surface area contributed by atoms with E-state index in [-0.39, 0.29) is 11.2 Å². The van der Waals surface area contributed by atoms with Crippen molar-refractivity contribution in [2.75, 3.05) is 0 Å². The van der Waals surface area contributed by atoms with Gasteiger partial charge < -0.3 is 15.2 Å². The first kappa shape index (κ1) is 18.1. The van der Waals surface area contributed by atoms with Crippen molar-refractivity contribution in [3.05, 3.63) is 53.6 Å². The van der Waals surface area contributed by atoms with E-state index in [0.717, 1.165) is 11.1 Å². The van der Waals surface area contributed by atoms with Gasteiger partial charge in [0.05, 0.1) is 0 Å². The maximum Gasteiger partial charge on any atom is 0.573 e. The molecule has 1 aliphatic rings. The number of para-hydroxylation sites is 1. The summed E-state index contributed by atoms with van der Waals surface area (Å²) in [6.07, 6.45) is -5.54. The fraction of sp³-hybridized carbons (Fsp3) is 0.316. The molecule has 0 aliphatic heterocycles. The van der Waals surface area contributed by atoms with Gasteiger partial charge in [0.15, 0.2) is 0 Å². The Balaban J connectivity index is 2.04. The number of fused-ring (bicyclic) bond motifs is 1. The van der Waals surface area contributed by atoms with Crippen LogP contribution in [0, 0.1) is 0 Å². The largest absolute Gasteiger partial charge is 0.573 e. The number of hydrogen-bond donors (Lipinski definition) is 1. The maximum absolute atomic E-state index is 12.7. The van der Waals surface area contributed by atoms with E-state index in [1.807, 2.05) is 19.9 Å². The van der Waals surface area contributed by atoms with Gasteiger partial charge in [0.1, 0.15) is 11.9 Å². The van der Waals surface area contributed by atoms with Crippen molar-refractivity contribution in [3.8, 4) is 16.9 Å². The number of primary amides is 1. The van der Waals surface area contributed by atoms with Crippen LogP contribution in [-0.4, -0.2) is 12.5 Å². The highest BCUT2D eigenvalue weighted by atomic mass is 19.4. The predicted molar refractivity (Wildman–Crippen MR) is 89.6 cm³/mol. The number of hydrogen-bond acceptors (Lipinski definition) is 3. The molecule has 1 amide bonds. The molecule has 0 aromatic heterocycles. The van der Waals surface area contributed by atoms with Crippen molar-refractivity contribution in [1.29, 1.82) is 0 Å². The second kappa shape index (κ2) is 6.23. The first-order valence-electron chi connectivity index (χ1n) is 8.02. The number of ether oxygens (including phenoxy) is 2. The van der Waals surface area contributed by atoms with Crippen LogP contribution >= 0.6 is 0 Å². The summed E-state index contributed by atoms with van der Waals surface area (Å²) in [7, 11) is 0. The third-order valence-corrected chi connectivity index (χ3v) is 4.51. The smallest absolute Gasteiger partial charge is 0.441 e. The van der Waals surface area contributed by atoms with Gasteiger partial charge in [-0.2, -0.15) is 0 Å². The van der Waals surface area contributed by atoms with E-state index in [9.17, 15) is 18.0 Å². The third-order valence-electron chi connectivity index (χ3n) is 4.51. The summed E-state index contributed by atoms with van der Waals surface area (Å²) in [5.41, 5.74) is 7.47. The Labute approximate surface area is 148 Å². The Bertz CT molecular complexity index is 846. The molecule has 2 N–H and O–H groups in total. The summed E-state index contributed by atoms with van der Waals surface area (Å²) >= 11 is 0. The summed E-state index contributed by atoms with van der Waals surface area (Å²) in [5, 5.41) is 0. The summed E-state index contributed by atoms with van der Waals surface area (Å²) in [6.45, 7) is 3.97. The molecule has 0 heterocycles. The molecule has 1 atom stereocenters. The van der Waals surface area contributed by atoms with Crippen LogP contribution in [0.5, 0.6) is 5.75 Å². The zero-order valence-corrected chi connectivity index (χ0v) is 14.3. The molecule has 7 heteroatoms. The van der Waals surface area contributed by atoms with E-state index in [0.29, 0.717) is 17.5 Å². The van der Waals surface area contributed by atoms with Gasteiger partial charge in [0.25, 0.3) is 0 Å². The maximum atomic E-state index is 12.7. The summed E-state index contributed by atoms with van der Waals surface area (Å²) in [5.74, 6) is -0.263. The summed E-state index contributed by atoms with van der Waals surface area (Å²) in [6, 6.07) is 11.3. The number of amides is 1. The Morgan fingerprint density at radius 1 is 1.19 bits per heavy atom. The second-order valence-corrected chi connectivity index (χ2v) is 6.86. The van der Waals surface area contributed by atoms with Crippen LogP contribution in [0.1, 0.15) is 37.5 Å². The molecule has 0 saturated carbocycles. The highest BCUT2D eigenvalue weighted by Crippen LogP contribution is 2.48. The molecule has 4 nitrogen and oxygen atoms in total. The van der Waals surface area contributed by atoms with Gasteiger partial charge >= 0.3 is 12.5 Å². The summed E-state index contributed by atoms with van der Waals surface area (Å²) in [4.78, 5) is 11.1. The van der Waals surface area contributed by atoms with Gasteiger partial charge in [-0.1, -0.05) is 50.2 Å². The van der Waals surface area contributed by atoms with Crippen molar-refractivity contribution >= 4 is 6.09 Å². The van der Waals surface area contributed by atoms with E-state index >= 15 is 0 Å². The molecule has 0 radical (unpaired) electrons. The van der Waals surface area contributed by atoms with E-state index in [2.05, 4.69) is 4.74 Å². The molecule has 138 valence electrons. The van der Waals surface area contributed by atoms with E-state index < -0.39 is 18.6 Å². The van der Waals surface area contributed by atoms with Crippen LogP contribution in [-0.2, 0) is 10.2 Å². The van der Waals surface area contributed by atoms with Gasteiger partial charge in [-0.15, -0.1) is 13.2 Å². The number of carbonyl (C=O) groups is 1. The number of halogens is 3. The third kappa shape index (κ3) is 3.61. The molecular formula is C19H18F3NO3. The first-order valence-corrected chi connectivity index (χ1v) is 8.02. The molecule has 3 rings (SSSR count). The van der Waals surface area contributed by atoms with Crippen molar-refractivity contribution in [2.24, 2.45) is 5.73 Å². The standard InChI is InChI=1S/C19H18F3NO3/c1-18(2)10-16(25-17(23)24)13-8-7-11(9-14(13)18)12-5-3-4-6-15(12)26-19(20,21)22/h3-9,16H,10H2,1-2H3,(H2,23,24). The van der Waals surface area contributed by atoms with Crippen LogP contribution < -0.4 is 10.5 Å². The van der Waals surface area contributed by atoms with Gasteiger partial charge in [-0.3, -0.25) is 0 Å². The highest BCUT2D eigenvalue weighted by molar-refractivity contribution is 5.72.